The van der Waals surface area contributed by atoms with Gasteiger partial charge in [0.25, 0.3) is 0 Å². The monoisotopic (exact) mass is 372 g/mol. The molecule has 1 N–H and O–H groups in total. The van der Waals surface area contributed by atoms with E-state index in [1.54, 1.807) is 12.3 Å². The minimum absolute atomic E-state index is 0.0431. The Morgan fingerprint density at radius 3 is 2.85 bits per heavy atom. The molecule has 1 aromatic carbocycles. The molecule has 2 heterocycles. The summed E-state index contributed by atoms with van der Waals surface area (Å²) < 4.78 is 24.6. The van der Waals surface area contributed by atoms with Crippen molar-refractivity contribution in [1.82, 2.24) is 10.3 Å². The Morgan fingerprint density at radius 2 is 2.15 bits per heavy atom. The number of hydrogen-bond donors (Lipinski definition) is 1. The Kier molecular flexibility index (Phi) is 5.75. The van der Waals surface area contributed by atoms with Crippen molar-refractivity contribution in [3.05, 3.63) is 47.9 Å². The smallest absolute Gasteiger partial charge is 0.407 e. The van der Waals surface area contributed by atoms with Crippen LogP contribution in [0.4, 0.5) is 9.18 Å². The molecule has 0 aliphatic carbocycles. The van der Waals surface area contributed by atoms with E-state index in [-0.39, 0.29) is 18.0 Å². The van der Waals surface area contributed by atoms with E-state index in [0.29, 0.717) is 6.61 Å². The topological polar surface area (TPSA) is 60.5 Å². The highest BCUT2D eigenvalue weighted by Crippen LogP contribution is 2.21. The average molecular weight is 372 g/mol. The molecule has 2 aromatic rings. The van der Waals surface area contributed by atoms with Gasteiger partial charge in [-0.1, -0.05) is 12.2 Å². The molecule has 0 bridgehead atoms. The highest BCUT2D eigenvalue weighted by atomic mass is 19.1. The highest BCUT2D eigenvalue weighted by Gasteiger charge is 2.24. The Labute approximate surface area is 158 Å². The zero-order valence-corrected chi connectivity index (χ0v) is 15.9. The normalized spacial score (nSPS) is 20.7. The molecule has 0 unspecified atom stereocenters. The van der Waals surface area contributed by atoms with Gasteiger partial charge in [0.15, 0.2) is 0 Å². The third-order valence-electron chi connectivity index (χ3n) is 4.26. The second-order valence-electron chi connectivity index (χ2n) is 7.71. The number of nitrogens with zero attached hydrogens (tertiary/aromatic N) is 1. The predicted molar refractivity (Wildman–Crippen MR) is 103 cm³/mol. The molecule has 1 aliphatic rings. The SMILES string of the molecule is CC(C)(C)OC(=O)N[C@@H]1CC[C@@H](/C=C/c2ccnc3ccc(F)cc23)OC1. The van der Waals surface area contributed by atoms with Crippen molar-refractivity contribution >= 4 is 23.1 Å². The average Bonchev–Trinajstić information content (AvgIpc) is 2.59. The van der Waals surface area contributed by atoms with Crippen molar-refractivity contribution in [2.75, 3.05) is 6.61 Å². The molecule has 0 spiro atoms. The zero-order chi connectivity index (χ0) is 19.4. The lowest BCUT2D eigenvalue weighted by Gasteiger charge is -2.29. The summed E-state index contributed by atoms with van der Waals surface area (Å²) in [6.07, 6.45) is 6.75. The maximum atomic E-state index is 13.5. The number of alkyl carbamates (subject to hydrolysis) is 1. The molecule has 1 aliphatic heterocycles. The van der Waals surface area contributed by atoms with E-state index < -0.39 is 11.7 Å². The first-order valence-corrected chi connectivity index (χ1v) is 9.14. The number of carbonyl (C=O) groups is 1. The maximum absolute atomic E-state index is 13.5. The number of hydrogen-bond acceptors (Lipinski definition) is 4. The molecule has 27 heavy (non-hydrogen) atoms. The van der Waals surface area contributed by atoms with Gasteiger partial charge in [-0.3, -0.25) is 4.98 Å². The molecule has 6 heteroatoms. The summed E-state index contributed by atoms with van der Waals surface area (Å²) in [5.41, 5.74) is 1.14. The molecule has 1 amide bonds. The van der Waals surface area contributed by atoms with Crippen LogP contribution in [0.3, 0.4) is 0 Å². The lowest BCUT2D eigenvalue weighted by Crippen LogP contribution is -2.44. The number of fused-ring (bicyclic) bond motifs is 1. The standard InChI is InChI=1S/C21H25FN2O3/c1-21(2,3)27-20(25)24-16-6-8-17(26-13-16)7-4-14-10-11-23-19-9-5-15(22)12-18(14)19/h4-5,7,9-12,16-17H,6,8,13H2,1-3H3,(H,24,25)/b7-4+/t16-,17-/m1/s1. The van der Waals surface area contributed by atoms with E-state index in [1.807, 2.05) is 39.0 Å². The lowest BCUT2D eigenvalue weighted by atomic mass is 10.0. The molecular formula is C21H25FN2O3. The molecule has 1 fully saturated rings. The van der Waals surface area contributed by atoms with Crippen molar-refractivity contribution in [2.45, 2.75) is 51.4 Å². The fourth-order valence-corrected chi connectivity index (χ4v) is 3.01. The number of nitrogens with one attached hydrogen (secondary N) is 1. The molecule has 3 rings (SSSR count). The summed E-state index contributed by atoms with van der Waals surface area (Å²) in [6.45, 7) is 5.93. The molecular weight excluding hydrogens is 347 g/mol. The molecule has 144 valence electrons. The third-order valence-corrected chi connectivity index (χ3v) is 4.26. The number of carbonyl (C=O) groups excluding carboxylic acids is 1. The number of benzene rings is 1. The van der Waals surface area contributed by atoms with Gasteiger partial charge in [-0.25, -0.2) is 9.18 Å². The van der Waals surface area contributed by atoms with Crippen LogP contribution in [0.5, 0.6) is 0 Å². The van der Waals surface area contributed by atoms with E-state index >= 15 is 0 Å². The molecule has 0 saturated carbocycles. The summed E-state index contributed by atoms with van der Waals surface area (Å²) in [5.74, 6) is -0.282. The van der Waals surface area contributed by atoms with E-state index in [0.717, 1.165) is 29.3 Å². The predicted octanol–water partition coefficient (Wildman–Crippen LogP) is 4.46. The van der Waals surface area contributed by atoms with Gasteiger partial charge in [-0.15, -0.1) is 0 Å². The maximum Gasteiger partial charge on any atom is 0.407 e. The van der Waals surface area contributed by atoms with E-state index in [9.17, 15) is 9.18 Å². The van der Waals surface area contributed by atoms with E-state index in [2.05, 4.69) is 10.3 Å². The minimum atomic E-state index is -0.516. The Morgan fingerprint density at radius 1 is 1.33 bits per heavy atom. The fourth-order valence-electron chi connectivity index (χ4n) is 3.01. The summed E-state index contributed by atoms with van der Waals surface area (Å²) in [4.78, 5) is 16.1. The Hall–Kier alpha value is -2.47. The minimum Gasteiger partial charge on any atom is -0.444 e. The van der Waals surface area contributed by atoms with Crippen molar-refractivity contribution in [3.8, 4) is 0 Å². The molecule has 1 aromatic heterocycles. The zero-order valence-electron chi connectivity index (χ0n) is 15.9. The quantitative estimate of drug-likeness (QED) is 0.864. The summed E-state index contributed by atoms with van der Waals surface area (Å²) in [6, 6.07) is 6.37. The van der Waals surface area contributed by atoms with Crippen LogP contribution in [0.25, 0.3) is 17.0 Å². The fraction of sp³-hybridized carbons (Fsp3) is 0.429. The third kappa shape index (κ3) is 5.50. The molecule has 2 atom stereocenters. The van der Waals surface area contributed by atoms with Crippen LogP contribution in [-0.4, -0.2) is 35.4 Å². The van der Waals surface area contributed by atoms with Gasteiger partial charge in [-0.2, -0.15) is 0 Å². The van der Waals surface area contributed by atoms with Gasteiger partial charge >= 0.3 is 6.09 Å². The van der Waals surface area contributed by atoms with Crippen LogP contribution in [0.15, 0.2) is 36.5 Å². The van der Waals surface area contributed by atoms with Crippen LogP contribution in [0, 0.1) is 5.82 Å². The lowest BCUT2D eigenvalue weighted by molar-refractivity contribution is 0.0136. The van der Waals surface area contributed by atoms with Crippen LogP contribution in [-0.2, 0) is 9.47 Å². The molecule has 5 nitrogen and oxygen atoms in total. The van der Waals surface area contributed by atoms with Crippen molar-refractivity contribution in [1.29, 1.82) is 0 Å². The van der Waals surface area contributed by atoms with Gasteiger partial charge in [0.05, 0.1) is 24.3 Å². The molecule has 0 radical (unpaired) electrons. The second kappa shape index (κ2) is 8.05. The second-order valence-corrected chi connectivity index (χ2v) is 7.71. The number of amides is 1. The largest absolute Gasteiger partial charge is 0.444 e. The van der Waals surface area contributed by atoms with Crippen LogP contribution in [0.1, 0.15) is 39.2 Å². The van der Waals surface area contributed by atoms with Gasteiger partial charge in [0.1, 0.15) is 11.4 Å². The number of halogens is 1. The van der Waals surface area contributed by atoms with Gasteiger partial charge in [0.2, 0.25) is 0 Å². The first-order chi connectivity index (χ1) is 12.8. The number of rotatable bonds is 3. The first-order valence-electron chi connectivity index (χ1n) is 9.14. The Balaban J connectivity index is 1.57. The Bertz CT molecular complexity index is 837. The van der Waals surface area contributed by atoms with Gasteiger partial charge in [0, 0.05) is 11.6 Å². The van der Waals surface area contributed by atoms with Crippen molar-refractivity contribution in [3.63, 3.8) is 0 Å². The van der Waals surface area contributed by atoms with E-state index in [4.69, 9.17) is 9.47 Å². The van der Waals surface area contributed by atoms with E-state index in [1.165, 1.54) is 12.1 Å². The number of pyridine rings is 1. The van der Waals surface area contributed by atoms with Crippen molar-refractivity contribution in [2.24, 2.45) is 0 Å². The van der Waals surface area contributed by atoms with Crippen LogP contribution >= 0.6 is 0 Å². The number of ether oxygens (including phenoxy) is 2. The summed E-state index contributed by atoms with van der Waals surface area (Å²) in [5, 5.41) is 3.61. The van der Waals surface area contributed by atoms with Gasteiger partial charge < -0.3 is 14.8 Å². The highest BCUT2D eigenvalue weighted by molar-refractivity contribution is 5.87. The van der Waals surface area contributed by atoms with Crippen LogP contribution in [0.2, 0.25) is 0 Å². The van der Waals surface area contributed by atoms with Crippen molar-refractivity contribution < 1.29 is 18.7 Å². The molecule has 1 saturated heterocycles. The summed E-state index contributed by atoms with van der Waals surface area (Å²) >= 11 is 0. The summed E-state index contributed by atoms with van der Waals surface area (Å²) in [7, 11) is 0. The van der Waals surface area contributed by atoms with Crippen LogP contribution < -0.4 is 5.32 Å². The first kappa shape index (κ1) is 19.3. The van der Waals surface area contributed by atoms with Gasteiger partial charge in [-0.05, 0) is 63.4 Å². The number of aromatic nitrogens is 1.